The highest BCUT2D eigenvalue weighted by atomic mass is 16.5. The maximum Gasteiger partial charge on any atom is 0.136 e. The fraction of sp³-hybridized carbons (Fsp3) is 0.200. The van der Waals surface area contributed by atoms with Crippen LogP contribution in [-0.2, 0) is 6.54 Å². The Morgan fingerprint density at radius 3 is 2.52 bits per heavy atom. The van der Waals surface area contributed by atoms with E-state index in [0.717, 1.165) is 28.6 Å². The fourth-order valence-corrected chi connectivity index (χ4v) is 2.63. The molecule has 0 spiro atoms. The number of aryl methyl sites for hydroxylation is 2. The zero-order valence-electron chi connectivity index (χ0n) is 14.7. The molecule has 0 atom stereocenters. The summed E-state index contributed by atoms with van der Waals surface area (Å²) in [6, 6.07) is 18.0. The van der Waals surface area contributed by atoms with Crippen molar-refractivity contribution < 1.29 is 4.74 Å². The maximum absolute atomic E-state index is 5.39. The third-order valence-corrected chi connectivity index (χ3v) is 3.78. The molecule has 0 unspecified atom stereocenters. The van der Waals surface area contributed by atoms with E-state index >= 15 is 0 Å². The first kappa shape index (κ1) is 16.8. The van der Waals surface area contributed by atoms with Gasteiger partial charge in [0.15, 0.2) is 0 Å². The van der Waals surface area contributed by atoms with Gasteiger partial charge in [-0.2, -0.15) is 0 Å². The SMILES string of the molecule is COc1ccccc1CNc1cc(Nc2cccc(C)c2)nc(C)n1. The Kier molecular flexibility index (Phi) is 5.14. The number of para-hydroxylation sites is 1. The Morgan fingerprint density at radius 2 is 1.72 bits per heavy atom. The molecule has 0 aliphatic rings. The molecule has 0 bridgehead atoms. The van der Waals surface area contributed by atoms with Crippen LogP contribution in [-0.4, -0.2) is 17.1 Å². The van der Waals surface area contributed by atoms with E-state index in [-0.39, 0.29) is 0 Å². The van der Waals surface area contributed by atoms with Crippen LogP contribution in [0.4, 0.5) is 17.3 Å². The van der Waals surface area contributed by atoms with Crippen LogP contribution in [0.1, 0.15) is 17.0 Å². The Hall–Kier alpha value is -3.08. The third-order valence-electron chi connectivity index (χ3n) is 3.78. The maximum atomic E-state index is 5.39. The lowest BCUT2D eigenvalue weighted by atomic mass is 10.2. The van der Waals surface area contributed by atoms with E-state index in [1.807, 2.05) is 49.4 Å². The lowest BCUT2D eigenvalue weighted by Gasteiger charge is -2.12. The molecule has 0 aliphatic carbocycles. The van der Waals surface area contributed by atoms with Gasteiger partial charge in [-0.25, -0.2) is 9.97 Å². The molecule has 5 nitrogen and oxygen atoms in total. The molecule has 0 saturated heterocycles. The summed E-state index contributed by atoms with van der Waals surface area (Å²) in [5, 5.41) is 6.67. The fourth-order valence-electron chi connectivity index (χ4n) is 2.63. The van der Waals surface area contributed by atoms with Gasteiger partial charge in [-0.1, -0.05) is 30.3 Å². The zero-order valence-corrected chi connectivity index (χ0v) is 14.7. The molecule has 2 N–H and O–H groups in total. The number of ether oxygens (including phenoxy) is 1. The highest BCUT2D eigenvalue weighted by Gasteiger charge is 2.05. The first-order chi connectivity index (χ1) is 12.1. The monoisotopic (exact) mass is 334 g/mol. The van der Waals surface area contributed by atoms with Crippen LogP contribution in [0.5, 0.6) is 5.75 Å². The number of anilines is 3. The number of nitrogens with one attached hydrogen (secondary N) is 2. The average molecular weight is 334 g/mol. The van der Waals surface area contributed by atoms with Crippen molar-refractivity contribution in [1.82, 2.24) is 9.97 Å². The van der Waals surface area contributed by atoms with Gasteiger partial charge in [0.05, 0.1) is 7.11 Å². The number of hydrogen-bond acceptors (Lipinski definition) is 5. The molecular formula is C20H22N4O. The van der Waals surface area contributed by atoms with Crippen LogP contribution >= 0.6 is 0 Å². The number of aromatic nitrogens is 2. The van der Waals surface area contributed by atoms with E-state index in [1.165, 1.54) is 5.56 Å². The van der Waals surface area contributed by atoms with E-state index in [0.29, 0.717) is 12.4 Å². The van der Waals surface area contributed by atoms with Crippen molar-refractivity contribution >= 4 is 17.3 Å². The van der Waals surface area contributed by atoms with Gasteiger partial charge >= 0.3 is 0 Å². The summed E-state index contributed by atoms with van der Waals surface area (Å²) in [4.78, 5) is 8.92. The minimum atomic E-state index is 0.629. The van der Waals surface area contributed by atoms with E-state index in [1.54, 1.807) is 7.11 Å². The molecular weight excluding hydrogens is 312 g/mol. The first-order valence-electron chi connectivity index (χ1n) is 8.19. The minimum Gasteiger partial charge on any atom is -0.496 e. The predicted molar refractivity (Wildman–Crippen MR) is 102 cm³/mol. The van der Waals surface area contributed by atoms with Crippen molar-refractivity contribution in [2.45, 2.75) is 20.4 Å². The van der Waals surface area contributed by atoms with E-state index < -0.39 is 0 Å². The third kappa shape index (κ3) is 4.47. The molecule has 25 heavy (non-hydrogen) atoms. The Labute approximate surface area is 148 Å². The molecule has 0 aliphatic heterocycles. The lowest BCUT2D eigenvalue weighted by Crippen LogP contribution is -2.06. The second kappa shape index (κ2) is 7.66. The van der Waals surface area contributed by atoms with Gasteiger partial charge in [0.25, 0.3) is 0 Å². The summed E-state index contributed by atoms with van der Waals surface area (Å²) < 4.78 is 5.39. The molecule has 0 saturated carbocycles. The normalized spacial score (nSPS) is 10.4. The Morgan fingerprint density at radius 1 is 0.920 bits per heavy atom. The molecule has 1 aromatic heterocycles. The van der Waals surface area contributed by atoms with Gasteiger partial charge in [-0.15, -0.1) is 0 Å². The van der Waals surface area contributed by atoms with Gasteiger partial charge in [0.1, 0.15) is 23.2 Å². The lowest BCUT2D eigenvalue weighted by molar-refractivity contribution is 0.410. The summed E-state index contributed by atoms with van der Waals surface area (Å²) in [5.41, 5.74) is 3.29. The van der Waals surface area contributed by atoms with Crippen molar-refractivity contribution in [2.24, 2.45) is 0 Å². The van der Waals surface area contributed by atoms with E-state index in [9.17, 15) is 0 Å². The van der Waals surface area contributed by atoms with Crippen molar-refractivity contribution in [2.75, 3.05) is 17.7 Å². The molecule has 1 heterocycles. The number of hydrogen-bond donors (Lipinski definition) is 2. The molecule has 0 amide bonds. The summed E-state index contributed by atoms with van der Waals surface area (Å²) in [7, 11) is 1.68. The molecule has 0 fully saturated rings. The zero-order chi connectivity index (χ0) is 17.6. The Balaban J connectivity index is 1.75. The van der Waals surface area contributed by atoms with Crippen molar-refractivity contribution in [3.8, 4) is 5.75 Å². The van der Waals surface area contributed by atoms with E-state index in [4.69, 9.17) is 4.74 Å². The standard InChI is InChI=1S/C20H22N4O/c1-14-7-6-9-17(11-14)24-20-12-19(22-15(2)23-20)21-13-16-8-4-5-10-18(16)25-3/h4-12H,13H2,1-3H3,(H2,21,22,23,24). The molecule has 2 aromatic carbocycles. The second-order valence-corrected chi connectivity index (χ2v) is 5.85. The molecule has 5 heteroatoms. The van der Waals surface area contributed by atoms with Crippen LogP contribution in [0.25, 0.3) is 0 Å². The van der Waals surface area contributed by atoms with Gasteiger partial charge in [0.2, 0.25) is 0 Å². The predicted octanol–water partition coefficient (Wildman–Crippen LogP) is 4.46. The highest BCUT2D eigenvalue weighted by molar-refractivity contribution is 5.60. The summed E-state index contributed by atoms with van der Waals surface area (Å²) in [5.74, 6) is 3.10. The molecule has 128 valence electrons. The summed E-state index contributed by atoms with van der Waals surface area (Å²) >= 11 is 0. The Bertz CT molecular complexity index is 864. The van der Waals surface area contributed by atoms with E-state index in [2.05, 4.69) is 39.7 Å². The van der Waals surface area contributed by atoms with Crippen molar-refractivity contribution in [1.29, 1.82) is 0 Å². The summed E-state index contributed by atoms with van der Waals surface area (Å²) in [6.07, 6.45) is 0. The number of nitrogens with zero attached hydrogens (tertiary/aromatic N) is 2. The topological polar surface area (TPSA) is 59.1 Å². The summed E-state index contributed by atoms with van der Waals surface area (Å²) in [6.45, 7) is 4.58. The average Bonchev–Trinajstić information content (AvgIpc) is 2.60. The molecule has 3 rings (SSSR count). The van der Waals surface area contributed by atoms with Gasteiger partial charge in [-0.05, 0) is 37.6 Å². The van der Waals surface area contributed by atoms with Crippen LogP contribution in [0.3, 0.4) is 0 Å². The smallest absolute Gasteiger partial charge is 0.136 e. The number of benzene rings is 2. The highest BCUT2D eigenvalue weighted by Crippen LogP contribution is 2.21. The number of methoxy groups -OCH3 is 1. The van der Waals surface area contributed by atoms with Gasteiger partial charge < -0.3 is 15.4 Å². The van der Waals surface area contributed by atoms with Crippen molar-refractivity contribution in [3.63, 3.8) is 0 Å². The molecule has 0 radical (unpaired) electrons. The van der Waals surface area contributed by atoms with Crippen molar-refractivity contribution in [3.05, 3.63) is 71.5 Å². The quantitative estimate of drug-likeness (QED) is 0.697. The van der Waals surface area contributed by atoms with Crippen LogP contribution in [0.15, 0.2) is 54.6 Å². The first-order valence-corrected chi connectivity index (χ1v) is 8.19. The number of rotatable bonds is 6. The van der Waals surface area contributed by atoms with Crippen LogP contribution in [0.2, 0.25) is 0 Å². The molecule has 3 aromatic rings. The minimum absolute atomic E-state index is 0.629. The van der Waals surface area contributed by atoms with Gasteiger partial charge in [-0.3, -0.25) is 0 Å². The largest absolute Gasteiger partial charge is 0.496 e. The van der Waals surface area contributed by atoms with Crippen LogP contribution in [0, 0.1) is 13.8 Å². The second-order valence-electron chi connectivity index (χ2n) is 5.85. The van der Waals surface area contributed by atoms with Crippen LogP contribution < -0.4 is 15.4 Å². The van der Waals surface area contributed by atoms with Gasteiger partial charge in [0, 0.05) is 23.9 Å².